The maximum Gasteiger partial charge on any atom is 0.324 e. The highest BCUT2D eigenvalue weighted by Gasteiger charge is 2.25. The first kappa shape index (κ1) is 21.5. The zero-order chi connectivity index (χ0) is 20.9. The Kier molecular flexibility index (Phi) is 6.87. The highest BCUT2D eigenvalue weighted by molar-refractivity contribution is 7.89. The van der Waals surface area contributed by atoms with Gasteiger partial charge in [0.15, 0.2) is 6.61 Å². The fourth-order valence-corrected chi connectivity index (χ4v) is 3.68. The largest absolute Gasteiger partial charge is 0.454 e. The summed E-state index contributed by atoms with van der Waals surface area (Å²) in [6, 6.07) is 8.92. The number of hydrogen-bond donors (Lipinski definition) is 2. The van der Waals surface area contributed by atoms with E-state index in [1.807, 2.05) is 30.7 Å². The molecule has 28 heavy (non-hydrogen) atoms. The first-order valence-electron chi connectivity index (χ1n) is 8.41. The molecule has 0 unspecified atom stereocenters. The van der Waals surface area contributed by atoms with Crippen molar-refractivity contribution in [2.45, 2.75) is 31.7 Å². The molecule has 2 rings (SSSR count). The van der Waals surface area contributed by atoms with Gasteiger partial charge in [0.25, 0.3) is 5.91 Å². The van der Waals surface area contributed by atoms with Crippen LogP contribution >= 0.6 is 0 Å². The van der Waals surface area contributed by atoms with Crippen molar-refractivity contribution in [2.75, 3.05) is 11.9 Å². The predicted octanol–water partition coefficient (Wildman–Crippen LogP) is 2.29. The van der Waals surface area contributed by atoms with Crippen molar-refractivity contribution in [3.63, 3.8) is 0 Å². The Labute approximate surface area is 163 Å². The number of ether oxygens (including phenoxy) is 1. The summed E-state index contributed by atoms with van der Waals surface area (Å²) in [5, 5.41) is 2.61. The molecule has 0 aliphatic rings. The number of carbonyl (C=O) groups is 2. The van der Waals surface area contributed by atoms with Gasteiger partial charge in [0.2, 0.25) is 10.0 Å². The number of carbonyl (C=O) groups excluding carboxylic acids is 2. The lowest BCUT2D eigenvalue weighted by atomic mass is 10.1. The zero-order valence-electron chi connectivity index (χ0n) is 15.7. The molecule has 1 atom stereocenters. The Morgan fingerprint density at radius 2 is 1.82 bits per heavy atom. The number of anilines is 1. The minimum atomic E-state index is -4.26. The van der Waals surface area contributed by atoms with Gasteiger partial charge in [0.05, 0.1) is 0 Å². The molecule has 0 fully saturated rings. The molecule has 0 aliphatic carbocycles. The van der Waals surface area contributed by atoms with Gasteiger partial charge in [-0.1, -0.05) is 29.8 Å². The van der Waals surface area contributed by atoms with Crippen LogP contribution in [-0.2, 0) is 24.3 Å². The molecule has 0 saturated carbocycles. The lowest BCUT2D eigenvalue weighted by molar-refractivity contribution is -0.148. The first-order valence-corrected chi connectivity index (χ1v) is 9.89. The van der Waals surface area contributed by atoms with Crippen molar-refractivity contribution in [3.8, 4) is 0 Å². The number of halogens is 1. The molecule has 2 aromatic rings. The topological polar surface area (TPSA) is 102 Å². The Morgan fingerprint density at radius 1 is 1.14 bits per heavy atom. The van der Waals surface area contributed by atoms with Gasteiger partial charge in [-0.25, -0.2) is 12.8 Å². The number of benzene rings is 2. The van der Waals surface area contributed by atoms with Gasteiger partial charge in [0, 0.05) is 5.69 Å². The van der Waals surface area contributed by atoms with E-state index < -0.39 is 45.3 Å². The minimum absolute atomic E-state index is 0.565. The fourth-order valence-electron chi connectivity index (χ4n) is 2.41. The van der Waals surface area contributed by atoms with Crippen LogP contribution in [0.4, 0.5) is 10.1 Å². The summed E-state index contributed by atoms with van der Waals surface area (Å²) in [6.07, 6.45) is 0. The molecule has 0 heterocycles. The number of hydrogen-bond acceptors (Lipinski definition) is 5. The van der Waals surface area contributed by atoms with Crippen molar-refractivity contribution in [1.29, 1.82) is 0 Å². The van der Waals surface area contributed by atoms with Crippen molar-refractivity contribution < 1.29 is 27.1 Å². The number of amides is 1. The van der Waals surface area contributed by atoms with Gasteiger partial charge < -0.3 is 10.1 Å². The Morgan fingerprint density at radius 3 is 2.46 bits per heavy atom. The van der Waals surface area contributed by atoms with E-state index in [0.29, 0.717) is 5.69 Å². The molecule has 2 aromatic carbocycles. The van der Waals surface area contributed by atoms with Crippen molar-refractivity contribution >= 4 is 27.6 Å². The molecule has 150 valence electrons. The Bertz CT molecular complexity index is 992. The quantitative estimate of drug-likeness (QED) is 0.685. The van der Waals surface area contributed by atoms with Gasteiger partial charge in [-0.05, 0) is 44.5 Å². The lowest BCUT2D eigenvalue weighted by Gasteiger charge is -2.14. The average Bonchev–Trinajstić information content (AvgIpc) is 2.61. The van der Waals surface area contributed by atoms with Gasteiger partial charge in [0.1, 0.15) is 16.8 Å². The van der Waals surface area contributed by atoms with E-state index in [0.717, 1.165) is 23.3 Å². The monoisotopic (exact) mass is 408 g/mol. The second-order valence-electron chi connectivity index (χ2n) is 6.25. The fraction of sp³-hybridized carbons (Fsp3) is 0.263. The standard InChI is InChI=1S/C19H21FN2O5S/c1-12-8-9-16(13(2)10-12)21-18(23)11-27-19(24)14(3)22-28(25,26)17-7-5-4-6-15(17)20/h4-10,14,22H,11H2,1-3H3,(H,21,23)/t14-/m0/s1. The molecular weight excluding hydrogens is 387 g/mol. The summed E-state index contributed by atoms with van der Waals surface area (Å²) in [5.74, 6) is -2.47. The van der Waals surface area contributed by atoms with E-state index in [9.17, 15) is 22.4 Å². The maximum absolute atomic E-state index is 13.7. The zero-order valence-corrected chi connectivity index (χ0v) is 16.5. The second-order valence-corrected chi connectivity index (χ2v) is 7.93. The summed E-state index contributed by atoms with van der Waals surface area (Å²) in [4.78, 5) is 23.4. The highest BCUT2D eigenvalue weighted by atomic mass is 32.2. The Hall–Kier alpha value is -2.78. The molecule has 0 bridgehead atoms. The van der Waals surface area contributed by atoms with Crippen LogP contribution in [0.15, 0.2) is 47.4 Å². The molecule has 7 nitrogen and oxygen atoms in total. The molecule has 0 saturated heterocycles. The van der Waals surface area contributed by atoms with Crippen LogP contribution in [0.25, 0.3) is 0 Å². The van der Waals surface area contributed by atoms with Crippen LogP contribution in [0.5, 0.6) is 0 Å². The Balaban J connectivity index is 1.91. The predicted molar refractivity (Wildman–Crippen MR) is 102 cm³/mol. The van der Waals surface area contributed by atoms with Crippen LogP contribution in [0.2, 0.25) is 0 Å². The summed E-state index contributed by atoms with van der Waals surface area (Å²) < 4.78 is 44.9. The number of sulfonamides is 1. The number of rotatable bonds is 7. The second kappa shape index (κ2) is 8.94. The smallest absolute Gasteiger partial charge is 0.324 e. The number of aryl methyl sites for hydroxylation is 2. The van der Waals surface area contributed by atoms with Crippen molar-refractivity contribution in [3.05, 3.63) is 59.4 Å². The van der Waals surface area contributed by atoms with Crippen LogP contribution in [0, 0.1) is 19.7 Å². The normalized spacial score (nSPS) is 12.3. The summed E-state index contributed by atoms with van der Waals surface area (Å²) in [5.41, 5.74) is 2.48. The molecule has 2 N–H and O–H groups in total. The molecule has 0 radical (unpaired) electrons. The number of esters is 1. The van der Waals surface area contributed by atoms with Crippen LogP contribution in [0.1, 0.15) is 18.1 Å². The summed E-state index contributed by atoms with van der Waals surface area (Å²) in [6.45, 7) is 4.40. The molecule has 0 aliphatic heterocycles. The van der Waals surface area contributed by atoms with Crippen LogP contribution < -0.4 is 10.0 Å². The lowest BCUT2D eigenvalue weighted by Crippen LogP contribution is -2.40. The van der Waals surface area contributed by atoms with Crippen molar-refractivity contribution in [2.24, 2.45) is 0 Å². The van der Waals surface area contributed by atoms with Gasteiger partial charge in [-0.15, -0.1) is 0 Å². The first-order chi connectivity index (χ1) is 13.1. The molecule has 0 aromatic heterocycles. The van der Waals surface area contributed by atoms with Crippen LogP contribution in [0.3, 0.4) is 0 Å². The highest BCUT2D eigenvalue weighted by Crippen LogP contribution is 2.16. The van der Waals surface area contributed by atoms with E-state index >= 15 is 0 Å². The van der Waals surface area contributed by atoms with Gasteiger partial charge in [-0.2, -0.15) is 4.72 Å². The van der Waals surface area contributed by atoms with Gasteiger partial charge in [-0.3, -0.25) is 9.59 Å². The van der Waals surface area contributed by atoms with E-state index in [2.05, 4.69) is 5.32 Å². The van der Waals surface area contributed by atoms with E-state index in [4.69, 9.17) is 4.74 Å². The average molecular weight is 408 g/mol. The molecule has 9 heteroatoms. The summed E-state index contributed by atoms with van der Waals surface area (Å²) >= 11 is 0. The van der Waals surface area contributed by atoms with Gasteiger partial charge >= 0.3 is 5.97 Å². The minimum Gasteiger partial charge on any atom is -0.454 e. The van der Waals surface area contributed by atoms with E-state index in [1.54, 1.807) is 6.07 Å². The van der Waals surface area contributed by atoms with E-state index in [1.165, 1.54) is 19.1 Å². The summed E-state index contributed by atoms with van der Waals surface area (Å²) in [7, 11) is -4.26. The van der Waals surface area contributed by atoms with Crippen molar-refractivity contribution in [1.82, 2.24) is 4.72 Å². The van der Waals surface area contributed by atoms with E-state index in [-0.39, 0.29) is 0 Å². The number of nitrogens with one attached hydrogen (secondary N) is 2. The molecular formula is C19H21FN2O5S. The third kappa shape index (κ3) is 5.61. The maximum atomic E-state index is 13.7. The molecule has 0 spiro atoms. The SMILES string of the molecule is Cc1ccc(NC(=O)COC(=O)[C@H](C)NS(=O)(=O)c2ccccc2F)c(C)c1. The third-order valence-corrected chi connectivity index (χ3v) is 5.39. The molecule has 1 amide bonds. The van der Waals surface area contributed by atoms with Crippen LogP contribution in [-0.4, -0.2) is 32.9 Å². The third-order valence-electron chi connectivity index (χ3n) is 3.81.